The van der Waals surface area contributed by atoms with Crippen molar-refractivity contribution in [1.29, 1.82) is 0 Å². The maximum Gasteiger partial charge on any atom is 0.0991 e. The molecule has 0 amide bonds. The van der Waals surface area contributed by atoms with Crippen molar-refractivity contribution >= 4 is 11.5 Å². The van der Waals surface area contributed by atoms with Gasteiger partial charge in [0.15, 0.2) is 0 Å². The molecule has 1 heterocycles. The second-order valence-electron chi connectivity index (χ2n) is 8.84. The highest BCUT2D eigenvalue weighted by Crippen LogP contribution is 2.39. The van der Waals surface area contributed by atoms with Crippen molar-refractivity contribution in [2.24, 2.45) is 33.5 Å². The topological polar surface area (TPSA) is 62.8 Å². The van der Waals surface area contributed by atoms with Crippen LogP contribution in [0.3, 0.4) is 0 Å². The molecule has 2 fully saturated rings. The summed E-state index contributed by atoms with van der Waals surface area (Å²) < 4.78 is 0. The van der Waals surface area contributed by atoms with E-state index in [0.29, 0.717) is 11.8 Å². The lowest BCUT2D eigenvalue weighted by atomic mass is 9.86. The first kappa shape index (κ1) is 20.1. The third-order valence-corrected chi connectivity index (χ3v) is 6.39. The van der Waals surface area contributed by atoms with Crippen LogP contribution in [0.15, 0.2) is 28.2 Å². The lowest BCUT2D eigenvalue weighted by molar-refractivity contribution is 0.447. The van der Waals surface area contributed by atoms with Gasteiger partial charge >= 0.3 is 0 Å². The Bertz CT molecular complexity index is 732. The van der Waals surface area contributed by atoms with Crippen molar-refractivity contribution in [2.45, 2.75) is 58.9 Å². The second-order valence-corrected chi connectivity index (χ2v) is 8.84. The number of benzene rings is 1. The van der Waals surface area contributed by atoms with E-state index >= 15 is 0 Å². The van der Waals surface area contributed by atoms with Gasteiger partial charge in [-0.2, -0.15) is 0 Å². The summed E-state index contributed by atoms with van der Waals surface area (Å²) >= 11 is 0. The predicted molar refractivity (Wildman–Crippen MR) is 116 cm³/mol. The smallest absolute Gasteiger partial charge is 0.0991 e. The second kappa shape index (κ2) is 8.14. The quantitative estimate of drug-likeness (QED) is 0.593. The molecule has 0 aromatic heterocycles. The fraction of sp³-hybridized carbons (Fsp3) is 0.652. The van der Waals surface area contributed by atoms with E-state index in [1.165, 1.54) is 29.5 Å². The molecule has 3 atom stereocenters. The summed E-state index contributed by atoms with van der Waals surface area (Å²) in [4.78, 5) is 9.77. The van der Waals surface area contributed by atoms with E-state index in [9.17, 15) is 0 Å². The van der Waals surface area contributed by atoms with E-state index < -0.39 is 5.54 Å². The highest BCUT2D eigenvalue weighted by Gasteiger charge is 2.41. The van der Waals surface area contributed by atoms with Crippen LogP contribution in [0.1, 0.15) is 56.7 Å². The van der Waals surface area contributed by atoms with Crippen molar-refractivity contribution in [3.05, 3.63) is 34.9 Å². The maximum absolute atomic E-state index is 6.59. The molecule has 1 saturated heterocycles. The molecule has 1 aromatic rings. The molecule has 4 heteroatoms. The lowest BCUT2D eigenvalue weighted by Gasteiger charge is -2.27. The fourth-order valence-electron chi connectivity index (χ4n) is 5.10. The Morgan fingerprint density at radius 2 is 2.04 bits per heavy atom. The first-order chi connectivity index (χ1) is 12.9. The number of nitrogens with two attached hydrogens (primary N) is 1. The molecule has 3 N–H and O–H groups in total. The summed E-state index contributed by atoms with van der Waals surface area (Å²) in [6, 6.07) is 6.69. The Balaban J connectivity index is 1.91. The average Bonchev–Trinajstić information content (AvgIpc) is 3.20. The van der Waals surface area contributed by atoms with Gasteiger partial charge in [0, 0.05) is 18.5 Å². The van der Waals surface area contributed by atoms with Crippen LogP contribution < -0.4 is 11.1 Å². The van der Waals surface area contributed by atoms with Gasteiger partial charge in [-0.3, -0.25) is 9.98 Å². The van der Waals surface area contributed by atoms with Crippen LogP contribution >= 0.6 is 0 Å². The maximum atomic E-state index is 6.59. The van der Waals surface area contributed by atoms with Crippen LogP contribution in [0.2, 0.25) is 0 Å². The van der Waals surface area contributed by atoms with Gasteiger partial charge in [0.05, 0.1) is 17.1 Å². The standard InChI is InChI=1S/C23H36N4/c1-6-7-16-9-8-15(2)12-19(16)21(25-5)23(3,4)27-22(24)18-11-10-17-13-26-14-20(17)18/h8-9,12,17-18,20,26H,6-7,10-11,13-14H2,1-5H3,(H2,24,27)/t17-,18-,20-/m1/s1. The number of hydrogen-bond donors (Lipinski definition) is 2. The van der Waals surface area contributed by atoms with Crippen molar-refractivity contribution < 1.29 is 0 Å². The molecule has 148 valence electrons. The van der Waals surface area contributed by atoms with Gasteiger partial charge in [-0.1, -0.05) is 31.0 Å². The first-order valence-electron chi connectivity index (χ1n) is 10.5. The Labute approximate surface area is 164 Å². The van der Waals surface area contributed by atoms with Crippen molar-refractivity contribution in [2.75, 3.05) is 20.1 Å². The molecule has 2 aliphatic rings. The molecule has 0 unspecified atom stereocenters. The van der Waals surface area contributed by atoms with E-state index in [0.717, 1.165) is 43.4 Å². The molecule has 1 aliphatic carbocycles. The summed E-state index contributed by atoms with van der Waals surface area (Å²) in [6.07, 6.45) is 4.62. The van der Waals surface area contributed by atoms with Crippen molar-refractivity contribution in [1.82, 2.24) is 5.32 Å². The molecule has 0 radical (unpaired) electrons. The lowest BCUT2D eigenvalue weighted by Crippen LogP contribution is -2.38. The Morgan fingerprint density at radius 1 is 1.26 bits per heavy atom. The molecule has 0 bridgehead atoms. The van der Waals surface area contributed by atoms with E-state index in [1.54, 1.807) is 0 Å². The molecule has 27 heavy (non-hydrogen) atoms. The Kier molecular flexibility index (Phi) is 6.05. The van der Waals surface area contributed by atoms with Crippen LogP contribution in [-0.2, 0) is 6.42 Å². The highest BCUT2D eigenvalue weighted by atomic mass is 15.0. The minimum Gasteiger partial charge on any atom is -0.387 e. The number of nitrogens with zero attached hydrogens (tertiary/aromatic N) is 2. The fourth-order valence-corrected chi connectivity index (χ4v) is 5.10. The predicted octanol–water partition coefficient (Wildman–Crippen LogP) is 3.75. The zero-order valence-electron chi connectivity index (χ0n) is 17.7. The molecule has 4 nitrogen and oxygen atoms in total. The normalized spacial score (nSPS) is 26.5. The van der Waals surface area contributed by atoms with E-state index in [2.05, 4.69) is 51.2 Å². The summed E-state index contributed by atoms with van der Waals surface area (Å²) in [5.74, 6) is 2.66. The van der Waals surface area contributed by atoms with E-state index in [4.69, 9.17) is 15.7 Å². The highest BCUT2D eigenvalue weighted by molar-refractivity contribution is 6.09. The minimum atomic E-state index is -0.431. The van der Waals surface area contributed by atoms with Crippen molar-refractivity contribution in [3.8, 4) is 0 Å². The largest absolute Gasteiger partial charge is 0.387 e. The number of fused-ring (bicyclic) bond motifs is 1. The number of aryl methyl sites for hydroxylation is 2. The molecule has 0 spiro atoms. The van der Waals surface area contributed by atoms with Crippen LogP contribution in [0.25, 0.3) is 0 Å². The third kappa shape index (κ3) is 4.11. The molecular weight excluding hydrogens is 332 g/mol. The van der Waals surface area contributed by atoms with Gasteiger partial charge in [0.1, 0.15) is 0 Å². The van der Waals surface area contributed by atoms with Gasteiger partial charge in [-0.05, 0) is 76.6 Å². The molecule has 1 saturated carbocycles. The third-order valence-electron chi connectivity index (χ3n) is 6.39. The SMILES string of the molecule is CCCc1ccc(C)cc1C(=NC)C(C)(C)N=C(N)[C@@H]1CC[C@@H]2CNC[C@H]21. The minimum absolute atomic E-state index is 0.412. The zero-order chi connectivity index (χ0) is 19.6. The van der Waals surface area contributed by atoms with Gasteiger partial charge in [-0.25, -0.2) is 0 Å². The number of hydrogen-bond acceptors (Lipinski definition) is 3. The first-order valence-corrected chi connectivity index (χ1v) is 10.5. The Hall–Kier alpha value is -1.68. The number of aliphatic imine (C=N–C) groups is 2. The monoisotopic (exact) mass is 368 g/mol. The summed E-state index contributed by atoms with van der Waals surface area (Å²) in [5.41, 5.74) is 11.0. The average molecular weight is 369 g/mol. The molecule has 1 aliphatic heterocycles. The van der Waals surface area contributed by atoms with Gasteiger partial charge in [0.2, 0.25) is 0 Å². The van der Waals surface area contributed by atoms with Crippen molar-refractivity contribution in [3.63, 3.8) is 0 Å². The molecule has 1 aromatic carbocycles. The molecular formula is C23H36N4. The summed E-state index contributed by atoms with van der Waals surface area (Å²) in [5, 5.41) is 3.53. The zero-order valence-corrected chi connectivity index (χ0v) is 17.7. The number of rotatable bonds is 6. The number of amidine groups is 1. The van der Waals surface area contributed by atoms with Crippen LogP contribution in [0.5, 0.6) is 0 Å². The van der Waals surface area contributed by atoms with E-state index in [1.807, 2.05) is 7.05 Å². The molecule has 3 rings (SSSR count). The van der Waals surface area contributed by atoms with E-state index in [-0.39, 0.29) is 0 Å². The van der Waals surface area contributed by atoms with Gasteiger partial charge < -0.3 is 11.1 Å². The van der Waals surface area contributed by atoms with Crippen LogP contribution in [0, 0.1) is 24.7 Å². The van der Waals surface area contributed by atoms with Crippen LogP contribution in [0.4, 0.5) is 0 Å². The number of nitrogens with one attached hydrogen (secondary N) is 1. The summed E-state index contributed by atoms with van der Waals surface area (Å²) in [6.45, 7) is 10.9. The summed E-state index contributed by atoms with van der Waals surface area (Å²) in [7, 11) is 1.88. The van der Waals surface area contributed by atoms with Crippen LogP contribution in [-0.4, -0.2) is 37.2 Å². The van der Waals surface area contributed by atoms with Gasteiger partial charge in [0.25, 0.3) is 0 Å². The van der Waals surface area contributed by atoms with Gasteiger partial charge in [-0.15, -0.1) is 0 Å². The Morgan fingerprint density at radius 3 is 2.74 bits per heavy atom.